The number of aromatic nitrogens is 4. The first-order valence-corrected chi connectivity index (χ1v) is 13.0. The Kier molecular flexibility index (Phi) is 7.08. The van der Waals surface area contributed by atoms with Crippen molar-refractivity contribution in [2.75, 3.05) is 38.2 Å². The number of carbonyl (C=O) groups excluding carboxylic acids is 1. The number of amides is 1. The average Bonchev–Trinajstić information content (AvgIpc) is 3.39. The summed E-state index contributed by atoms with van der Waals surface area (Å²) in [7, 11) is 1.62. The number of nitrogens with zero attached hydrogens (tertiary/aromatic N) is 5. The highest BCUT2D eigenvalue weighted by molar-refractivity contribution is 7.15. The summed E-state index contributed by atoms with van der Waals surface area (Å²) in [6.45, 7) is 2.48. The van der Waals surface area contributed by atoms with Crippen LogP contribution in [0.1, 0.15) is 64.9 Å². The lowest BCUT2D eigenvalue weighted by molar-refractivity contribution is 0.0740. The highest BCUT2D eigenvalue weighted by Crippen LogP contribution is 2.36. The van der Waals surface area contributed by atoms with E-state index >= 15 is 0 Å². The molecule has 0 unspecified atom stereocenters. The maximum Gasteiger partial charge on any atom is 0.272 e. The van der Waals surface area contributed by atoms with Crippen LogP contribution in [0.5, 0.6) is 5.75 Å². The van der Waals surface area contributed by atoms with Gasteiger partial charge in [-0.3, -0.25) is 9.59 Å². The van der Waals surface area contributed by atoms with Gasteiger partial charge in [0, 0.05) is 44.6 Å². The molecule has 2 aliphatic rings. The van der Waals surface area contributed by atoms with Crippen molar-refractivity contribution in [2.45, 2.75) is 44.4 Å². The Bertz CT molecular complexity index is 1210. The van der Waals surface area contributed by atoms with Crippen molar-refractivity contribution in [1.29, 1.82) is 0 Å². The minimum Gasteiger partial charge on any atom is -0.497 e. The van der Waals surface area contributed by atoms with Gasteiger partial charge >= 0.3 is 0 Å². The van der Waals surface area contributed by atoms with Crippen LogP contribution < -0.4 is 15.2 Å². The van der Waals surface area contributed by atoms with E-state index in [4.69, 9.17) is 4.74 Å². The van der Waals surface area contributed by atoms with E-state index in [-0.39, 0.29) is 17.2 Å². The molecule has 3 heterocycles. The molecule has 0 atom stereocenters. The third-order valence-corrected chi connectivity index (χ3v) is 7.91. The normalized spacial score (nSPS) is 16.9. The molecular weight excluding hydrogens is 464 g/mol. The van der Waals surface area contributed by atoms with Gasteiger partial charge in [0.25, 0.3) is 11.5 Å². The monoisotopic (exact) mass is 494 g/mol. The minimum atomic E-state index is -0.324. The predicted octanol–water partition coefficient (Wildman–Crippen LogP) is 3.23. The van der Waals surface area contributed by atoms with Crippen molar-refractivity contribution in [3.05, 3.63) is 62.8 Å². The van der Waals surface area contributed by atoms with Crippen LogP contribution in [-0.2, 0) is 6.42 Å². The van der Waals surface area contributed by atoms with E-state index in [2.05, 4.69) is 25.1 Å². The molecule has 1 aliphatic heterocycles. The van der Waals surface area contributed by atoms with E-state index in [1.807, 2.05) is 24.3 Å². The van der Waals surface area contributed by atoms with Gasteiger partial charge in [-0.05, 0) is 30.5 Å². The number of anilines is 1. The van der Waals surface area contributed by atoms with E-state index in [0.717, 1.165) is 21.5 Å². The van der Waals surface area contributed by atoms with E-state index in [0.29, 0.717) is 44.3 Å². The summed E-state index contributed by atoms with van der Waals surface area (Å²) >= 11 is 1.69. The van der Waals surface area contributed by atoms with Gasteiger partial charge in [-0.15, -0.1) is 10.2 Å². The standard InChI is InChI=1S/C25H30N6O3S/c1-34-19-9-7-17(8-10-19)15-21-26-20(16-22(32)27-21)24(33)30-11-13-31(14-12-30)25-29-28-23(35-25)18-5-3-2-4-6-18/h7-10,16,18H,2-6,11-15H2,1H3,(H,26,27,32). The van der Waals surface area contributed by atoms with E-state index in [9.17, 15) is 9.59 Å². The van der Waals surface area contributed by atoms with Gasteiger partial charge in [0.2, 0.25) is 5.13 Å². The smallest absolute Gasteiger partial charge is 0.272 e. The molecular formula is C25H30N6O3S. The summed E-state index contributed by atoms with van der Waals surface area (Å²) in [6, 6.07) is 8.84. The SMILES string of the molecule is COc1ccc(Cc2nc(C(=O)N3CCN(c4nnc(C5CCCCC5)s4)CC3)cc(=O)[nH]2)cc1. The summed E-state index contributed by atoms with van der Waals surface area (Å²) in [5.74, 6) is 1.56. The fourth-order valence-electron chi connectivity index (χ4n) is 4.77. The van der Waals surface area contributed by atoms with Crippen molar-refractivity contribution in [3.8, 4) is 5.75 Å². The number of nitrogens with one attached hydrogen (secondary N) is 1. The van der Waals surface area contributed by atoms with E-state index < -0.39 is 0 Å². The molecule has 1 saturated heterocycles. The Morgan fingerprint density at radius 1 is 1.09 bits per heavy atom. The van der Waals surface area contributed by atoms with Crippen LogP contribution in [0.3, 0.4) is 0 Å². The second kappa shape index (κ2) is 10.6. The molecule has 2 aromatic heterocycles. The van der Waals surface area contributed by atoms with Crippen molar-refractivity contribution < 1.29 is 9.53 Å². The third-order valence-electron chi connectivity index (χ3n) is 6.76. The molecule has 0 radical (unpaired) electrons. The van der Waals surface area contributed by atoms with Gasteiger partial charge in [0.05, 0.1) is 7.11 Å². The lowest BCUT2D eigenvalue weighted by atomic mass is 9.90. The molecule has 2 fully saturated rings. The quantitative estimate of drug-likeness (QED) is 0.561. The minimum absolute atomic E-state index is 0.182. The van der Waals surface area contributed by atoms with Gasteiger partial charge < -0.3 is 19.5 Å². The summed E-state index contributed by atoms with van der Waals surface area (Å²) in [5.41, 5.74) is 0.827. The molecule has 10 heteroatoms. The van der Waals surface area contributed by atoms with Gasteiger partial charge in [0.15, 0.2) is 0 Å². The molecule has 1 N–H and O–H groups in total. The van der Waals surface area contributed by atoms with Crippen molar-refractivity contribution in [1.82, 2.24) is 25.1 Å². The van der Waals surface area contributed by atoms with E-state index in [1.54, 1.807) is 23.3 Å². The molecule has 35 heavy (non-hydrogen) atoms. The summed E-state index contributed by atoms with van der Waals surface area (Å²) < 4.78 is 5.19. The van der Waals surface area contributed by atoms with Crippen LogP contribution in [0.15, 0.2) is 35.1 Å². The molecule has 1 aromatic carbocycles. The number of methoxy groups -OCH3 is 1. The molecule has 1 amide bonds. The number of rotatable bonds is 6. The Morgan fingerprint density at radius 2 is 1.83 bits per heavy atom. The zero-order valence-corrected chi connectivity index (χ0v) is 20.7. The largest absolute Gasteiger partial charge is 0.497 e. The lowest BCUT2D eigenvalue weighted by Crippen LogP contribution is -2.49. The topological polar surface area (TPSA) is 104 Å². The number of aromatic amines is 1. The number of ether oxygens (including phenoxy) is 1. The number of piperazine rings is 1. The maximum atomic E-state index is 13.1. The first kappa shape index (κ1) is 23.5. The summed E-state index contributed by atoms with van der Waals surface area (Å²) in [6.07, 6.45) is 6.72. The Morgan fingerprint density at radius 3 is 2.54 bits per heavy atom. The highest BCUT2D eigenvalue weighted by atomic mass is 32.1. The maximum absolute atomic E-state index is 13.1. The zero-order chi connectivity index (χ0) is 24.2. The number of benzene rings is 1. The van der Waals surface area contributed by atoms with Gasteiger partial charge in [0.1, 0.15) is 22.3 Å². The Hall–Kier alpha value is -3.27. The summed E-state index contributed by atoms with van der Waals surface area (Å²) in [5, 5.41) is 11.0. The Labute approximate surface area is 208 Å². The van der Waals surface area contributed by atoms with Crippen molar-refractivity contribution in [3.63, 3.8) is 0 Å². The molecule has 0 spiro atoms. The van der Waals surface area contributed by atoms with Crippen molar-refractivity contribution in [2.24, 2.45) is 0 Å². The predicted molar refractivity (Wildman–Crippen MR) is 135 cm³/mol. The number of hydrogen-bond acceptors (Lipinski definition) is 8. The van der Waals surface area contributed by atoms with Crippen LogP contribution >= 0.6 is 11.3 Å². The molecule has 184 valence electrons. The van der Waals surface area contributed by atoms with Crippen LogP contribution in [-0.4, -0.2) is 64.3 Å². The van der Waals surface area contributed by atoms with Crippen LogP contribution in [0.2, 0.25) is 0 Å². The van der Waals surface area contributed by atoms with Crippen LogP contribution in [0.4, 0.5) is 5.13 Å². The number of hydrogen-bond donors (Lipinski definition) is 1. The average molecular weight is 495 g/mol. The first-order valence-electron chi connectivity index (χ1n) is 12.2. The molecule has 1 aliphatic carbocycles. The van der Waals surface area contributed by atoms with Crippen LogP contribution in [0.25, 0.3) is 0 Å². The zero-order valence-electron chi connectivity index (χ0n) is 19.9. The van der Waals surface area contributed by atoms with Gasteiger partial charge in [-0.25, -0.2) is 4.98 Å². The van der Waals surface area contributed by atoms with Crippen molar-refractivity contribution >= 4 is 22.4 Å². The van der Waals surface area contributed by atoms with Crippen LogP contribution in [0, 0.1) is 0 Å². The number of carbonyl (C=O) groups is 1. The fraction of sp³-hybridized carbons (Fsp3) is 0.480. The molecule has 5 rings (SSSR count). The molecule has 0 bridgehead atoms. The molecule has 1 saturated carbocycles. The second-order valence-electron chi connectivity index (χ2n) is 9.14. The molecule has 3 aromatic rings. The fourth-order valence-corrected chi connectivity index (χ4v) is 5.83. The highest BCUT2D eigenvalue weighted by Gasteiger charge is 2.27. The second-order valence-corrected chi connectivity index (χ2v) is 10.1. The van der Waals surface area contributed by atoms with E-state index in [1.165, 1.54) is 38.2 Å². The first-order chi connectivity index (χ1) is 17.1. The Balaban J connectivity index is 1.21. The van der Waals surface area contributed by atoms with Gasteiger partial charge in [-0.2, -0.15) is 0 Å². The third kappa shape index (κ3) is 5.53. The number of H-pyrrole nitrogens is 1. The lowest BCUT2D eigenvalue weighted by Gasteiger charge is -2.34. The van der Waals surface area contributed by atoms with Gasteiger partial charge in [-0.1, -0.05) is 42.7 Å². The summed E-state index contributed by atoms with van der Waals surface area (Å²) in [4.78, 5) is 36.6. The molecule has 9 nitrogen and oxygen atoms in total.